The van der Waals surface area contributed by atoms with Gasteiger partial charge in [-0.25, -0.2) is 0 Å². The number of rotatable bonds is 3. The molecule has 2 aromatic rings. The second kappa shape index (κ2) is 9.10. The average Bonchev–Trinajstić information content (AvgIpc) is 2.41. The summed E-state index contributed by atoms with van der Waals surface area (Å²) in [6.07, 6.45) is 0.797. The minimum atomic E-state index is -0.639. The zero-order valence-corrected chi connectivity index (χ0v) is 13.0. The minimum Gasteiger partial charge on any atom is -0.361 e. The molecule has 3 N–H and O–H groups in total. The molecule has 0 saturated carbocycles. The number of carbonyl (C=O) groups is 2. The van der Waals surface area contributed by atoms with Crippen LogP contribution in [0.1, 0.15) is 11.1 Å². The van der Waals surface area contributed by atoms with E-state index in [1.165, 1.54) is 5.56 Å². The monoisotopic (exact) mass is 320 g/mol. The zero-order valence-electron chi connectivity index (χ0n) is 11.2. The number of anilines is 1. The highest BCUT2D eigenvalue weighted by molar-refractivity contribution is 7.97. The lowest BCUT2D eigenvalue weighted by Gasteiger charge is -2.09. The van der Waals surface area contributed by atoms with Gasteiger partial charge >= 0.3 is 0 Å². The predicted octanol–water partition coefficient (Wildman–Crippen LogP) is 3.73. The van der Waals surface area contributed by atoms with Gasteiger partial charge in [0.1, 0.15) is 0 Å². The van der Waals surface area contributed by atoms with Crippen LogP contribution in [0.4, 0.5) is 15.3 Å². The van der Waals surface area contributed by atoms with Crippen LogP contribution < -0.4 is 11.1 Å². The summed E-state index contributed by atoms with van der Waals surface area (Å²) in [4.78, 5) is 20.1. The Morgan fingerprint density at radius 1 is 0.952 bits per heavy atom. The molecule has 21 heavy (non-hydrogen) atoms. The van der Waals surface area contributed by atoms with E-state index in [9.17, 15) is 4.79 Å². The topological polar surface area (TPSA) is 72.2 Å². The second-order valence-corrected chi connectivity index (χ2v) is 4.93. The Balaban J connectivity index is 0.000000491. The van der Waals surface area contributed by atoms with Crippen LogP contribution in [-0.4, -0.2) is 10.5 Å². The van der Waals surface area contributed by atoms with Gasteiger partial charge in [0.2, 0.25) is 0 Å². The Hall–Kier alpha value is -1.92. The third kappa shape index (κ3) is 7.43. The molecule has 0 radical (unpaired) electrons. The molecule has 110 valence electrons. The smallest absolute Gasteiger partial charge is 0.280 e. The molecule has 4 nitrogen and oxygen atoms in total. The standard InChI is InChI=1S/C14H13NOS.CH3NOS/c16-14(17)15-13-9-5-4-8-12(13)10-11-6-2-1-3-7-11;2-1(3)4/h1-9H,10H2,(H2,15,16,17);(H3,2,3,4). The molecule has 6 heteroatoms. The molecule has 0 aromatic heterocycles. The fourth-order valence-electron chi connectivity index (χ4n) is 1.73. The number of nitrogens with two attached hydrogens (primary N) is 1. The van der Waals surface area contributed by atoms with Crippen LogP contribution in [0.5, 0.6) is 0 Å². The first-order chi connectivity index (χ1) is 9.99. The lowest BCUT2D eigenvalue weighted by molar-refractivity contribution is 0.267. The number of nitrogens with one attached hydrogen (secondary N) is 1. The van der Waals surface area contributed by atoms with Gasteiger partial charge in [-0.1, -0.05) is 73.8 Å². The quantitative estimate of drug-likeness (QED) is 0.651. The summed E-state index contributed by atoms with van der Waals surface area (Å²) >= 11 is 6.84. The Labute approximate surface area is 134 Å². The maximum absolute atomic E-state index is 11.0. The number of hydrogen-bond acceptors (Lipinski definition) is 2. The van der Waals surface area contributed by atoms with Crippen LogP contribution in [-0.2, 0) is 6.42 Å². The molecule has 0 unspecified atom stereocenters. The largest absolute Gasteiger partial charge is 0.361 e. The number of hydrogen-bond donors (Lipinski definition) is 4. The molecular weight excluding hydrogens is 304 g/mol. The summed E-state index contributed by atoms with van der Waals surface area (Å²) in [6.45, 7) is 0. The Bertz CT molecular complexity index is 600. The Kier molecular flexibility index (Phi) is 7.42. The van der Waals surface area contributed by atoms with Crippen LogP contribution in [0.3, 0.4) is 0 Å². The average molecular weight is 320 g/mol. The molecule has 0 aliphatic carbocycles. The summed E-state index contributed by atoms with van der Waals surface area (Å²) in [5.41, 5.74) is 7.45. The molecule has 0 bridgehead atoms. The molecule has 0 atom stereocenters. The van der Waals surface area contributed by atoms with E-state index in [0.29, 0.717) is 0 Å². The molecule has 0 heterocycles. The molecular formula is C15H16N2O2S2. The van der Waals surface area contributed by atoms with Crippen LogP contribution >= 0.6 is 25.3 Å². The van der Waals surface area contributed by atoms with Crippen molar-refractivity contribution in [2.45, 2.75) is 6.42 Å². The Morgan fingerprint density at radius 2 is 1.48 bits per heavy atom. The van der Waals surface area contributed by atoms with Crippen molar-refractivity contribution in [1.29, 1.82) is 0 Å². The van der Waals surface area contributed by atoms with Gasteiger partial charge in [0.25, 0.3) is 10.5 Å². The molecule has 2 aromatic carbocycles. The summed E-state index contributed by atoms with van der Waals surface area (Å²) in [5.74, 6) is 0. The van der Waals surface area contributed by atoms with Crippen molar-refractivity contribution in [3.05, 3.63) is 65.7 Å². The van der Waals surface area contributed by atoms with E-state index in [0.717, 1.165) is 17.7 Å². The molecule has 0 fully saturated rings. The van der Waals surface area contributed by atoms with Crippen LogP contribution in [0.25, 0.3) is 0 Å². The first-order valence-electron chi connectivity index (χ1n) is 6.09. The summed E-state index contributed by atoms with van der Waals surface area (Å²) < 4.78 is 0. The van der Waals surface area contributed by atoms with Crippen molar-refractivity contribution in [3.8, 4) is 0 Å². The number of primary amides is 1. The SMILES string of the molecule is NC(=O)S.O=C(S)Nc1ccccc1Cc1ccccc1. The number of para-hydroxylation sites is 1. The van der Waals surface area contributed by atoms with Gasteiger partial charge in [0.05, 0.1) is 0 Å². The molecule has 0 saturated heterocycles. The second-order valence-electron chi connectivity index (χ2n) is 4.09. The van der Waals surface area contributed by atoms with Crippen LogP contribution in [0, 0.1) is 0 Å². The van der Waals surface area contributed by atoms with Crippen molar-refractivity contribution in [3.63, 3.8) is 0 Å². The summed E-state index contributed by atoms with van der Waals surface area (Å²) in [5, 5.41) is 1.74. The highest BCUT2D eigenvalue weighted by Crippen LogP contribution is 2.19. The third-order valence-corrected chi connectivity index (χ3v) is 2.61. The van der Waals surface area contributed by atoms with E-state index in [1.807, 2.05) is 42.5 Å². The number of amides is 2. The molecule has 0 aliphatic rings. The normalized spacial score (nSPS) is 9.24. The maximum atomic E-state index is 11.0. The Morgan fingerprint density at radius 3 is 2.05 bits per heavy atom. The summed E-state index contributed by atoms with van der Waals surface area (Å²) in [7, 11) is 0. The lowest BCUT2D eigenvalue weighted by atomic mass is 10.0. The zero-order chi connectivity index (χ0) is 15.7. The van der Waals surface area contributed by atoms with E-state index in [2.05, 4.69) is 48.4 Å². The number of benzene rings is 2. The van der Waals surface area contributed by atoms with Gasteiger partial charge < -0.3 is 11.1 Å². The van der Waals surface area contributed by atoms with Gasteiger partial charge in [-0.15, -0.1) is 0 Å². The highest BCUT2D eigenvalue weighted by atomic mass is 32.1. The molecule has 2 rings (SSSR count). The van der Waals surface area contributed by atoms with E-state index in [1.54, 1.807) is 0 Å². The summed E-state index contributed by atoms with van der Waals surface area (Å²) in [6, 6.07) is 17.9. The lowest BCUT2D eigenvalue weighted by Crippen LogP contribution is -2.04. The fourth-order valence-corrected chi connectivity index (χ4v) is 1.85. The van der Waals surface area contributed by atoms with Crippen molar-refractivity contribution in [1.82, 2.24) is 0 Å². The molecule has 0 spiro atoms. The van der Waals surface area contributed by atoms with E-state index < -0.39 is 5.24 Å². The van der Waals surface area contributed by atoms with Gasteiger partial charge in [0.15, 0.2) is 0 Å². The van der Waals surface area contributed by atoms with E-state index in [4.69, 9.17) is 4.79 Å². The molecule has 2 amide bonds. The van der Waals surface area contributed by atoms with Gasteiger partial charge in [-0.2, -0.15) is 0 Å². The first-order valence-corrected chi connectivity index (χ1v) is 6.98. The molecule has 0 aliphatic heterocycles. The maximum Gasteiger partial charge on any atom is 0.280 e. The van der Waals surface area contributed by atoms with Gasteiger partial charge in [-0.05, 0) is 23.6 Å². The first kappa shape index (κ1) is 17.1. The van der Waals surface area contributed by atoms with Gasteiger partial charge in [0, 0.05) is 5.69 Å². The van der Waals surface area contributed by atoms with Crippen molar-refractivity contribution in [2.24, 2.45) is 5.73 Å². The third-order valence-electron chi connectivity index (χ3n) is 2.50. The van der Waals surface area contributed by atoms with Gasteiger partial charge in [-0.3, -0.25) is 9.59 Å². The van der Waals surface area contributed by atoms with E-state index in [-0.39, 0.29) is 5.24 Å². The predicted molar refractivity (Wildman–Crippen MR) is 92.3 cm³/mol. The number of thiol groups is 2. The van der Waals surface area contributed by atoms with Crippen LogP contribution in [0.2, 0.25) is 0 Å². The number of carbonyl (C=O) groups excluding carboxylic acids is 2. The van der Waals surface area contributed by atoms with E-state index >= 15 is 0 Å². The fraction of sp³-hybridized carbons (Fsp3) is 0.0667. The minimum absolute atomic E-state index is 0.342. The van der Waals surface area contributed by atoms with Crippen molar-refractivity contribution in [2.75, 3.05) is 5.32 Å². The van der Waals surface area contributed by atoms with Crippen molar-refractivity contribution >= 4 is 41.4 Å². The van der Waals surface area contributed by atoms with Crippen molar-refractivity contribution < 1.29 is 9.59 Å². The van der Waals surface area contributed by atoms with Crippen LogP contribution in [0.15, 0.2) is 54.6 Å². The highest BCUT2D eigenvalue weighted by Gasteiger charge is 2.04.